The van der Waals surface area contributed by atoms with Crippen LogP contribution in [-0.2, 0) is 16.0 Å². The van der Waals surface area contributed by atoms with Crippen LogP contribution in [0, 0.1) is 17.2 Å². The molecule has 0 bridgehead atoms. The largest absolute Gasteiger partial charge is 0.312 e. The molecule has 0 spiro atoms. The van der Waals surface area contributed by atoms with Crippen molar-refractivity contribution >= 4 is 17.4 Å². The highest BCUT2D eigenvalue weighted by molar-refractivity contribution is 6.14. The van der Waals surface area contributed by atoms with Crippen molar-refractivity contribution in [3.63, 3.8) is 0 Å². The number of ketones is 1. The third-order valence-electron chi connectivity index (χ3n) is 5.03. The molecule has 2 aromatic rings. The average molecular weight is 353 g/mol. The molecule has 136 valence electrons. The summed E-state index contributed by atoms with van der Waals surface area (Å²) >= 11 is 0. The van der Waals surface area contributed by atoms with E-state index < -0.39 is 5.41 Å². The fourth-order valence-electron chi connectivity index (χ4n) is 3.67. The number of hydrogen-bond donors (Lipinski definition) is 0. The first-order chi connectivity index (χ1) is 12.4. The van der Waals surface area contributed by atoms with Gasteiger partial charge in [0, 0.05) is 18.7 Å². The van der Waals surface area contributed by atoms with Gasteiger partial charge in [0.1, 0.15) is 17.0 Å². The van der Waals surface area contributed by atoms with Gasteiger partial charge in [-0.2, -0.15) is 0 Å². The van der Waals surface area contributed by atoms with Crippen LogP contribution in [0.1, 0.15) is 32.3 Å². The first-order valence-electron chi connectivity index (χ1n) is 9.07. The van der Waals surface area contributed by atoms with Gasteiger partial charge in [0.2, 0.25) is 5.91 Å². The molecular formula is C22H24FNO2. The molecule has 1 aliphatic heterocycles. The van der Waals surface area contributed by atoms with Crippen LogP contribution in [0.5, 0.6) is 0 Å². The number of nitrogens with zero attached hydrogens (tertiary/aromatic N) is 1. The lowest BCUT2D eigenvalue weighted by Gasteiger charge is -2.27. The summed E-state index contributed by atoms with van der Waals surface area (Å²) in [5, 5.41) is 0. The van der Waals surface area contributed by atoms with E-state index in [-0.39, 0.29) is 23.4 Å². The summed E-state index contributed by atoms with van der Waals surface area (Å²) < 4.78 is 13.2. The Labute approximate surface area is 153 Å². The summed E-state index contributed by atoms with van der Waals surface area (Å²) in [5.41, 5.74) is 0.600. The fraction of sp³-hybridized carbons (Fsp3) is 0.364. The highest BCUT2D eigenvalue weighted by Crippen LogP contribution is 2.40. The molecule has 1 heterocycles. The molecule has 1 aliphatic rings. The van der Waals surface area contributed by atoms with Gasteiger partial charge in [-0.1, -0.05) is 44.2 Å². The first-order valence-corrected chi connectivity index (χ1v) is 9.07. The molecule has 3 rings (SSSR count). The standard InChI is InChI=1S/C22H24FNO2/c1-16(2)14-20(25)22(15-17-6-4-3-5-7-17)12-13-24(21(22)26)19-10-8-18(23)9-11-19/h3-11,16H,12-15H2,1-2H3/t22-/m0/s1. The van der Waals surface area contributed by atoms with Gasteiger partial charge in [0.15, 0.2) is 0 Å². The van der Waals surface area contributed by atoms with E-state index in [2.05, 4.69) is 0 Å². The van der Waals surface area contributed by atoms with Crippen molar-refractivity contribution in [1.29, 1.82) is 0 Å². The van der Waals surface area contributed by atoms with Crippen molar-refractivity contribution in [2.24, 2.45) is 11.3 Å². The maximum atomic E-state index is 13.4. The molecule has 0 aliphatic carbocycles. The lowest BCUT2D eigenvalue weighted by molar-refractivity contribution is -0.138. The van der Waals surface area contributed by atoms with Crippen LogP contribution in [-0.4, -0.2) is 18.2 Å². The maximum Gasteiger partial charge on any atom is 0.241 e. The molecule has 0 saturated carbocycles. The second-order valence-corrected chi connectivity index (χ2v) is 7.45. The number of rotatable bonds is 6. The van der Waals surface area contributed by atoms with Crippen LogP contribution >= 0.6 is 0 Å². The highest BCUT2D eigenvalue weighted by atomic mass is 19.1. The molecule has 3 nitrogen and oxygen atoms in total. The molecule has 0 radical (unpaired) electrons. The lowest BCUT2D eigenvalue weighted by Crippen LogP contribution is -2.42. The van der Waals surface area contributed by atoms with E-state index in [1.165, 1.54) is 12.1 Å². The number of benzene rings is 2. The van der Waals surface area contributed by atoms with Crippen LogP contribution < -0.4 is 4.90 Å². The molecule has 0 N–H and O–H groups in total. The van der Waals surface area contributed by atoms with Crippen LogP contribution in [0.4, 0.5) is 10.1 Å². The number of hydrogen-bond acceptors (Lipinski definition) is 2. The topological polar surface area (TPSA) is 37.4 Å². The van der Waals surface area contributed by atoms with E-state index >= 15 is 0 Å². The van der Waals surface area contributed by atoms with Crippen molar-refractivity contribution in [3.8, 4) is 0 Å². The second-order valence-electron chi connectivity index (χ2n) is 7.45. The van der Waals surface area contributed by atoms with Crippen molar-refractivity contribution in [2.45, 2.75) is 33.1 Å². The van der Waals surface area contributed by atoms with Gasteiger partial charge in [0.25, 0.3) is 0 Å². The van der Waals surface area contributed by atoms with Gasteiger partial charge in [-0.15, -0.1) is 0 Å². The molecule has 1 atom stereocenters. The van der Waals surface area contributed by atoms with Gasteiger partial charge in [-0.25, -0.2) is 4.39 Å². The Morgan fingerprint density at radius 3 is 2.38 bits per heavy atom. The Balaban J connectivity index is 1.94. The molecular weight excluding hydrogens is 329 g/mol. The van der Waals surface area contributed by atoms with E-state index in [0.717, 1.165) is 5.56 Å². The zero-order valence-corrected chi connectivity index (χ0v) is 15.2. The molecule has 1 amide bonds. The van der Waals surface area contributed by atoms with Crippen molar-refractivity contribution in [1.82, 2.24) is 0 Å². The number of amides is 1. The predicted molar refractivity (Wildman–Crippen MR) is 100 cm³/mol. The molecule has 26 heavy (non-hydrogen) atoms. The third kappa shape index (κ3) is 3.55. The highest BCUT2D eigenvalue weighted by Gasteiger charge is 2.52. The van der Waals surface area contributed by atoms with E-state index in [1.54, 1.807) is 17.0 Å². The molecule has 0 aromatic heterocycles. The Kier molecular flexibility index (Phi) is 5.21. The molecule has 1 saturated heterocycles. The average Bonchev–Trinajstić information content (AvgIpc) is 2.94. The number of Topliss-reactive ketones (excluding diaryl/α,β-unsaturated/α-hetero) is 1. The van der Waals surface area contributed by atoms with E-state index in [1.807, 2.05) is 44.2 Å². The van der Waals surface area contributed by atoms with Gasteiger partial charge >= 0.3 is 0 Å². The third-order valence-corrected chi connectivity index (χ3v) is 5.03. The van der Waals surface area contributed by atoms with E-state index in [4.69, 9.17) is 0 Å². The zero-order chi connectivity index (χ0) is 18.7. The summed E-state index contributed by atoms with van der Waals surface area (Å²) in [6.07, 6.45) is 1.29. The van der Waals surface area contributed by atoms with Crippen LogP contribution in [0.3, 0.4) is 0 Å². The summed E-state index contributed by atoms with van der Waals surface area (Å²) in [4.78, 5) is 28.1. The Hall–Kier alpha value is -2.49. The monoisotopic (exact) mass is 353 g/mol. The summed E-state index contributed by atoms with van der Waals surface area (Å²) in [7, 11) is 0. The van der Waals surface area contributed by atoms with Gasteiger partial charge in [-0.05, 0) is 48.6 Å². The zero-order valence-electron chi connectivity index (χ0n) is 15.2. The van der Waals surface area contributed by atoms with Gasteiger partial charge in [-0.3, -0.25) is 9.59 Å². The molecule has 4 heteroatoms. The number of carbonyl (C=O) groups excluding carboxylic acids is 2. The lowest BCUT2D eigenvalue weighted by atomic mass is 9.74. The van der Waals surface area contributed by atoms with Crippen LogP contribution in [0.25, 0.3) is 0 Å². The SMILES string of the molecule is CC(C)CC(=O)[C@@]1(Cc2ccccc2)CCN(c2ccc(F)cc2)C1=O. The smallest absolute Gasteiger partial charge is 0.241 e. The summed E-state index contributed by atoms with van der Waals surface area (Å²) in [6, 6.07) is 15.6. The summed E-state index contributed by atoms with van der Waals surface area (Å²) in [6.45, 7) is 4.46. The summed E-state index contributed by atoms with van der Waals surface area (Å²) in [5.74, 6) is -0.306. The van der Waals surface area contributed by atoms with Gasteiger partial charge in [0.05, 0.1) is 0 Å². The minimum absolute atomic E-state index is 0.00552. The maximum absolute atomic E-state index is 13.4. The molecule has 1 fully saturated rings. The van der Waals surface area contributed by atoms with E-state index in [9.17, 15) is 14.0 Å². The van der Waals surface area contributed by atoms with Gasteiger partial charge < -0.3 is 4.90 Å². The Bertz CT molecular complexity index is 786. The normalized spacial score (nSPS) is 20.0. The number of carbonyl (C=O) groups is 2. The van der Waals surface area contributed by atoms with Crippen LogP contribution in [0.2, 0.25) is 0 Å². The van der Waals surface area contributed by atoms with Crippen molar-refractivity contribution in [2.75, 3.05) is 11.4 Å². The Morgan fingerprint density at radius 2 is 1.77 bits per heavy atom. The van der Waals surface area contributed by atoms with Crippen molar-refractivity contribution < 1.29 is 14.0 Å². The fourth-order valence-corrected chi connectivity index (χ4v) is 3.67. The van der Waals surface area contributed by atoms with E-state index in [0.29, 0.717) is 31.5 Å². The first kappa shape index (κ1) is 18.3. The second kappa shape index (κ2) is 7.40. The van der Waals surface area contributed by atoms with Crippen molar-refractivity contribution in [3.05, 3.63) is 66.0 Å². The Morgan fingerprint density at radius 1 is 1.12 bits per heavy atom. The van der Waals surface area contributed by atoms with Crippen LogP contribution in [0.15, 0.2) is 54.6 Å². The molecule has 2 aromatic carbocycles. The minimum Gasteiger partial charge on any atom is -0.312 e. The minimum atomic E-state index is -1.03. The number of halogens is 1. The molecule has 0 unspecified atom stereocenters. The number of anilines is 1. The predicted octanol–water partition coefficient (Wildman–Crippen LogP) is 4.41. The quantitative estimate of drug-likeness (QED) is 0.722.